The molecule has 0 aliphatic carbocycles. The van der Waals surface area contributed by atoms with E-state index in [2.05, 4.69) is 55.4 Å². The number of halogens is 1. The summed E-state index contributed by atoms with van der Waals surface area (Å²) in [7, 11) is -0.968. The molecular formula is C30H61BrNO4P. The van der Waals surface area contributed by atoms with Crippen LogP contribution in [0, 0.1) is 5.92 Å². The second kappa shape index (κ2) is 17.8. The number of hydrogen-bond donors (Lipinski definition) is 1. The van der Waals surface area contributed by atoms with E-state index in [0.717, 1.165) is 19.3 Å². The number of unbranched alkanes of at least 4 members (excludes halogenated alkanes) is 3. The van der Waals surface area contributed by atoms with Crippen LogP contribution in [0.2, 0.25) is 0 Å². The molecule has 1 fully saturated rings. The lowest BCUT2D eigenvalue weighted by molar-refractivity contribution is -0.331. The first-order chi connectivity index (χ1) is 17.0. The number of hydroxylamine groups is 2. The summed E-state index contributed by atoms with van der Waals surface area (Å²) in [6.45, 7) is 19.8. The number of aliphatic hydroxyl groups is 1. The summed E-state index contributed by atoms with van der Waals surface area (Å²) >= 11 is 0. The molecule has 1 aliphatic rings. The highest BCUT2D eigenvalue weighted by Crippen LogP contribution is 2.61. The number of nitrogens with zero attached hydrogens (tertiary/aromatic N) is 1. The summed E-state index contributed by atoms with van der Waals surface area (Å²) in [4.78, 5) is 19.4. The van der Waals surface area contributed by atoms with Gasteiger partial charge in [-0.25, -0.2) is 4.79 Å². The van der Waals surface area contributed by atoms with Gasteiger partial charge in [0.05, 0.1) is 37.4 Å². The summed E-state index contributed by atoms with van der Waals surface area (Å²) in [5.74, 6) is -0.220. The predicted octanol–water partition coefficient (Wildman–Crippen LogP) is 4.70. The summed E-state index contributed by atoms with van der Waals surface area (Å²) in [5, 5.41) is 12.8. The van der Waals surface area contributed by atoms with Crippen LogP contribution < -0.4 is 17.0 Å². The van der Waals surface area contributed by atoms with Crippen LogP contribution in [0.15, 0.2) is 0 Å². The number of carbonyl (C=O) groups is 1. The zero-order valence-electron chi connectivity index (χ0n) is 25.8. The van der Waals surface area contributed by atoms with Gasteiger partial charge < -0.3 is 26.8 Å². The van der Waals surface area contributed by atoms with Crippen molar-refractivity contribution in [3.63, 3.8) is 0 Å². The third-order valence-electron chi connectivity index (χ3n) is 9.21. The molecule has 0 bridgehead atoms. The number of piperidine rings is 1. The van der Waals surface area contributed by atoms with Crippen LogP contribution >= 0.6 is 7.26 Å². The van der Waals surface area contributed by atoms with Gasteiger partial charge in [0.1, 0.15) is 0 Å². The maximum absolute atomic E-state index is 13.0. The first-order valence-electron chi connectivity index (χ1n) is 15.2. The second-order valence-electron chi connectivity index (χ2n) is 12.0. The van der Waals surface area contributed by atoms with Crippen molar-refractivity contribution in [1.29, 1.82) is 0 Å². The third-order valence-corrected chi connectivity index (χ3v) is 14.3. The molecule has 0 spiro atoms. The van der Waals surface area contributed by atoms with Gasteiger partial charge in [-0.15, -0.1) is 0 Å². The summed E-state index contributed by atoms with van der Waals surface area (Å²) in [6.07, 6.45) is 15.5. The van der Waals surface area contributed by atoms with E-state index in [4.69, 9.17) is 9.57 Å². The molecule has 7 heteroatoms. The Balaban J connectivity index is 0.0000130. The van der Waals surface area contributed by atoms with E-state index in [1.807, 2.05) is 12.0 Å². The van der Waals surface area contributed by atoms with Crippen molar-refractivity contribution in [2.45, 2.75) is 150 Å². The fraction of sp³-hybridized carbons (Fsp3) is 0.967. The smallest absolute Gasteiger partial charge is 0.337 e. The van der Waals surface area contributed by atoms with Gasteiger partial charge in [-0.05, 0) is 59.3 Å². The van der Waals surface area contributed by atoms with E-state index in [-0.39, 0.29) is 46.1 Å². The van der Waals surface area contributed by atoms with E-state index in [1.54, 1.807) is 0 Å². The van der Waals surface area contributed by atoms with Crippen molar-refractivity contribution in [3.8, 4) is 0 Å². The normalized spacial score (nSPS) is 27.5. The molecule has 5 unspecified atom stereocenters. The fourth-order valence-electron chi connectivity index (χ4n) is 5.97. The Morgan fingerprint density at radius 3 is 1.86 bits per heavy atom. The van der Waals surface area contributed by atoms with Crippen LogP contribution in [0.1, 0.15) is 127 Å². The topological polar surface area (TPSA) is 59.0 Å². The Labute approximate surface area is 241 Å². The fourth-order valence-corrected chi connectivity index (χ4v) is 11.1. The van der Waals surface area contributed by atoms with E-state index in [1.165, 1.54) is 63.2 Å². The maximum Gasteiger partial charge on any atom is 0.337 e. The molecule has 0 saturated carbocycles. The van der Waals surface area contributed by atoms with Gasteiger partial charge in [0.15, 0.2) is 6.10 Å². The highest BCUT2D eigenvalue weighted by atomic mass is 79.9. The molecule has 1 heterocycles. The van der Waals surface area contributed by atoms with Gasteiger partial charge in [0.2, 0.25) is 0 Å². The molecule has 0 aromatic heterocycles. The first kappa shape index (κ1) is 37.3. The van der Waals surface area contributed by atoms with Gasteiger partial charge in [-0.1, -0.05) is 60.8 Å². The Bertz CT molecular complexity index is 617. The molecular weight excluding hydrogens is 549 g/mol. The van der Waals surface area contributed by atoms with Crippen LogP contribution in [-0.4, -0.2) is 70.7 Å². The zero-order chi connectivity index (χ0) is 27.4. The molecule has 0 aromatic rings. The van der Waals surface area contributed by atoms with Gasteiger partial charge in [0.25, 0.3) is 0 Å². The molecule has 5 atom stereocenters. The van der Waals surface area contributed by atoms with Crippen LogP contribution in [0.4, 0.5) is 0 Å². The largest absolute Gasteiger partial charge is 1.00 e. The van der Waals surface area contributed by atoms with Crippen molar-refractivity contribution in [1.82, 2.24) is 5.06 Å². The Hall–Kier alpha value is 0.260. The molecule has 5 nitrogen and oxygen atoms in total. The van der Waals surface area contributed by atoms with Crippen LogP contribution in [0.25, 0.3) is 0 Å². The van der Waals surface area contributed by atoms with Gasteiger partial charge in [-0.2, -0.15) is 5.06 Å². The molecule has 37 heavy (non-hydrogen) atoms. The molecule has 1 aliphatic heterocycles. The van der Waals surface area contributed by atoms with E-state index >= 15 is 0 Å². The number of ether oxygens (including phenoxy) is 1. The van der Waals surface area contributed by atoms with Crippen molar-refractivity contribution in [3.05, 3.63) is 0 Å². The van der Waals surface area contributed by atoms with Gasteiger partial charge in [-0.3, -0.25) is 4.84 Å². The SMILES string of the molecule is CCCC[P+](CCCC)(CCCC)CCCOC(=O)C(C)ON1C(C)(CC)CC(O)C(C)C1(C)CC.[Br-]. The van der Waals surface area contributed by atoms with Crippen molar-refractivity contribution in [2.75, 3.05) is 31.3 Å². The number of hydrogen-bond acceptors (Lipinski definition) is 5. The molecule has 222 valence electrons. The lowest BCUT2D eigenvalue weighted by atomic mass is 9.69. The Kier molecular flexibility index (Phi) is 18.0. The summed E-state index contributed by atoms with van der Waals surface area (Å²) < 4.78 is 5.78. The lowest BCUT2D eigenvalue weighted by Gasteiger charge is -2.58. The highest BCUT2D eigenvalue weighted by Gasteiger charge is 2.54. The molecule has 1 saturated heterocycles. The van der Waals surface area contributed by atoms with Crippen LogP contribution in [-0.2, 0) is 14.4 Å². The average Bonchev–Trinajstić information content (AvgIpc) is 2.88. The average molecular weight is 611 g/mol. The predicted molar refractivity (Wildman–Crippen MR) is 156 cm³/mol. The van der Waals surface area contributed by atoms with Crippen molar-refractivity contribution < 1.29 is 36.5 Å². The monoisotopic (exact) mass is 609 g/mol. The van der Waals surface area contributed by atoms with E-state index in [0.29, 0.717) is 13.0 Å². The minimum atomic E-state index is -0.968. The number of esters is 1. The number of aliphatic hydroxyl groups excluding tert-OH is 1. The Morgan fingerprint density at radius 2 is 1.43 bits per heavy atom. The number of rotatable bonds is 18. The minimum absolute atomic E-state index is 0. The standard InChI is InChI=1S/C30H61NO4P.BrH/c1-10-15-20-36(21-16-11-2,22-17-12-3)23-18-19-34-28(33)26(7)35-31-29(8,13-4)24-27(32)25(6)30(31,9)14-5;/h25-27,32H,10-24H2,1-9H3;1H/q+1;/p-1. The molecule has 0 amide bonds. The van der Waals surface area contributed by atoms with Crippen molar-refractivity contribution in [2.24, 2.45) is 5.92 Å². The minimum Gasteiger partial charge on any atom is -1.00 e. The Morgan fingerprint density at radius 1 is 0.946 bits per heavy atom. The molecule has 0 aromatic carbocycles. The zero-order valence-corrected chi connectivity index (χ0v) is 28.3. The lowest BCUT2D eigenvalue weighted by Crippen LogP contribution is -3.00. The quantitative estimate of drug-likeness (QED) is 0.139. The van der Waals surface area contributed by atoms with E-state index in [9.17, 15) is 9.90 Å². The van der Waals surface area contributed by atoms with Crippen molar-refractivity contribution >= 4 is 13.2 Å². The van der Waals surface area contributed by atoms with Gasteiger partial charge >= 0.3 is 5.97 Å². The maximum atomic E-state index is 13.0. The summed E-state index contributed by atoms with van der Waals surface area (Å²) in [6, 6.07) is 0. The summed E-state index contributed by atoms with van der Waals surface area (Å²) in [5.41, 5.74) is -0.675. The van der Waals surface area contributed by atoms with Gasteiger partial charge in [0, 0.05) is 30.7 Å². The molecule has 1 N–H and O–H groups in total. The van der Waals surface area contributed by atoms with Crippen LogP contribution in [0.3, 0.4) is 0 Å². The van der Waals surface area contributed by atoms with E-state index < -0.39 is 13.4 Å². The number of carbonyl (C=O) groups excluding carboxylic acids is 1. The molecule has 0 radical (unpaired) electrons. The first-order valence-corrected chi connectivity index (χ1v) is 17.7. The van der Waals surface area contributed by atoms with Crippen LogP contribution in [0.5, 0.6) is 0 Å². The second-order valence-corrected chi connectivity index (χ2v) is 16.5. The molecule has 1 rings (SSSR count). The highest BCUT2D eigenvalue weighted by molar-refractivity contribution is 7.75. The third kappa shape index (κ3) is 10.3.